The lowest BCUT2D eigenvalue weighted by Gasteiger charge is -2.04. The first kappa shape index (κ1) is 10.1. The molecule has 0 heterocycles. The number of halogens is 3. The molecule has 1 aromatic rings. The Labute approximate surface area is 90.3 Å². The highest BCUT2D eigenvalue weighted by molar-refractivity contribution is 9.10. The zero-order valence-corrected chi connectivity index (χ0v) is 9.38. The summed E-state index contributed by atoms with van der Waals surface area (Å²) < 4.78 is 0.957. The Hall–Kier alpha value is 0.0200. The van der Waals surface area contributed by atoms with E-state index < -0.39 is 0 Å². The van der Waals surface area contributed by atoms with E-state index in [4.69, 9.17) is 23.2 Å². The van der Waals surface area contributed by atoms with Crippen molar-refractivity contribution in [1.29, 1.82) is 0 Å². The summed E-state index contributed by atoms with van der Waals surface area (Å²) in [5.74, 6) is 0.404. The summed E-state index contributed by atoms with van der Waals surface area (Å²) >= 11 is 14.9. The molecule has 0 spiro atoms. The third kappa shape index (κ3) is 2.25. The van der Waals surface area contributed by atoms with Crippen molar-refractivity contribution in [2.75, 3.05) is 5.88 Å². The monoisotopic (exact) mass is 264 g/mol. The Morgan fingerprint density at radius 1 is 1.50 bits per heavy atom. The quantitative estimate of drug-likeness (QED) is 0.698. The summed E-state index contributed by atoms with van der Waals surface area (Å²) in [5, 5.41) is 0.676. The first-order chi connectivity index (χ1) is 5.65. The maximum Gasteiger partial charge on any atom is 0.0492 e. The predicted molar refractivity (Wildman–Crippen MR) is 58.9 cm³/mol. The van der Waals surface area contributed by atoms with Crippen LogP contribution in [0.4, 0.5) is 0 Å². The molecule has 0 aliphatic rings. The molecule has 0 unspecified atom stereocenters. The van der Waals surface area contributed by atoms with Gasteiger partial charge in [0.2, 0.25) is 0 Å². The summed E-state index contributed by atoms with van der Waals surface area (Å²) in [6, 6.07) is 5.64. The molecule has 0 N–H and O–H groups in total. The van der Waals surface area contributed by atoms with Crippen LogP contribution in [0.1, 0.15) is 5.56 Å². The van der Waals surface area contributed by atoms with Crippen LogP contribution >= 0.6 is 39.1 Å². The Kier molecular flexibility index (Phi) is 3.63. The van der Waals surface area contributed by atoms with Crippen molar-refractivity contribution < 1.29 is 0 Å². The molecule has 64 valence electrons. The minimum absolute atomic E-state index is 0.404. The van der Waals surface area contributed by atoms with Crippen molar-refractivity contribution in [3.63, 3.8) is 0 Å². The summed E-state index contributed by atoms with van der Waals surface area (Å²) in [5.41, 5.74) is 1.75. The van der Waals surface area contributed by atoms with Gasteiger partial charge in [-0.15, -0.1) is 11.6 Å². The summed E-state index contributed by atoms with van der Waals surface area (Å²) in [6.45, 7) is 3.80. The standard InChI is InChI=1S/C9H7BrCl2/c1-6(5-11)8-3-2-7(10)4-9(8)12/h2-4H,1,5H2. The van der Waals surface area contributed by atoms with Gasteiger partial charge >= 0.3 is 0 Å². The normalized spacial score (nSPS) is 9.92. The van der Waals surface area contributed by atoms with Crippen molar-refractivity contribution >= 4 is 44.7 Å². The van der Waals surface area contributed by atoms with Crippen molar-refractivity contribution in [3.8, 4) is 0 Å². The predicted octanol–water partition coefficient (Wildman–Crippen LogP) is 4.35. The van der Waals surface area contributed by atoms with Crippen LogP contribution in [0.3, 0.4) is 0 Å². The summed E-state index contributed by atoms with van der Waals surface area (Å²) in [4.78, 5) is 0. The van der Waals surface area contributed by atoms with Crippen molar-refractivity contribution in [2.24, 2.45) is 0 Å². The van der Waals surface area contributed by atoms with Crippen LogP contribution in [0.5, 0.6) is 0 Å². The van der Waals surface area contributed by atoms with Gasteiger partial charge in [-0.05, 0) is 23.3 Å². The molecule has 1 rings (SSSR count). The van der Waals surface area contributed by atoms with Gasteiger partial charge in [-0.25, -0.2) is 0 Å². The van der Waals surface area contributed by atoms with Gasteiger partial charge in [0.1, 0.15) is 0 Å². The Morgan fingerprint density at radius 3 is 2.67 bits per heavy atom. The second kappa shape index (κ2) is 4.31. The van der Waals surface area contributed by atoms with Crippen molar-refractivity contribution in [3.05, 3.63) is 39.8 Å². The first-order valence-electron chi connectivity index (χ1n) is 3.34. The highest BCUT2D eigenvalue weighted by Crippen LogP contribution is 2.26. The first-order valence-corrected chi connectivity index (χ1v) is 5.05. The molecule has 1 aromatic carbocycles. The molecule has 0 aliphatic carbocycles. The maximum absolute atomic E-state index is 5.95. The lowest BCUT2D eigenvalue weighted by atomic mass is 10.1. The van der Waals surface area contributed by atoms with Gasteiger partial charge in [-0.1, -0.05) is 40.2 Å². The number of hydrogen-bond acceptors (Lipinski definition) is 0. The molecule has 0 radical (unpaired) electrons. The van der Waals surface area contributed by atoms with Crippen molar-refractivity contribution in [1.82, 2.24) is 0 Å². The number of alkyl halides is 1. The Bertz CT molecular complexity index is 307. The average Bonchev–Trinajstić information content (AvgIpc) is 2.03. The number of hydrogen-bond donors (Lipinski definition) is 0. The van der Waals surface area contributed by atoms with Crippen LogP contribution in [-0.2, 0) is 0 Å². The highest BCUT2D eigenvalue weighted by Gasteiger charge is 2.03. The molecule has 0 saturated carbocycles. The van der Waals surface area contributed by atoms with Crippen LogP contribution in [0.25, 0.3) is 5.57 Å². The molecular weight excluding hydrogens is 259 g/mol. The Balaban J connectivity index is 3.09. The van der Waals surface area contributed by atoms with E-state index in [0.29, 0.717) is 10.9 Å². The molecule has 0 aromatic heterocycles. The maximum atomic E-state index is 5.95. The lowest BCUT2D eigenvalue weighted by Crippen LogP contribution is -1.85. The fraction of sp³-hybridized carbons (Fsp3) is 0.111. The van der Waals surface area contributed by atoms with E-state index in [2.05, 4.69) is 22.5 Å². The van der Waals surface area contributed by atoms with Gasteiger partial charge < -0.3 is 0 Å². The van der Waals surface area contributed by atoms with Crippen LogP contribution in [0.15, 0.2) is 29.3 Å². The van der Waals surface area contributed by atoms with E-state index >= 15 is 0 Å². The fourth-order valence-corrected chi connectivity index (χ4v) is 1.80. The third-order valence-electron chi connectivity index (χ3n) is 1.47. The van der Waals surface area contributed by atoms with Crippen LogP contribution in [0.2, 0.25) is 5.02 Å². The van der Waals surface area contributed by atoms with Crippen LogP contribution in [-0.4, -0.2) is 5.88 Å². The molecule has 12 heavy (non-hydrogen) atoms. The van der Waals surface area contributed by atoms with E-state index in [1.807, 2.05) is 18.2 Å². The minimum atomic E-state index is 0.404. The molecule has 0 atom stereocenters. The van der Waals surface area contributed by atoms with E-state index in [1.54, 1.807) is 0 Å². The Morgan fingerprint density at radius 2 is 2.17 bits per heavy atom. The topological polar surface area (TPSA) is 0 Å². The van der Waals surface area contributed by atoms with Gasteiger partial charge in [0.05, 0.1) is 0 Å². The second-order valence-electron chi connectivity index (χ2n) is 2.36. The average molecular weight is 266 g/mol. The molecular formula is C9H7BrCl2. The minimum Gasteiger partial charge on any atom is -0.122 e. The van der Waals surface area contributed by atoms with Crippen molar-refractivity contribution in [2.45, 2.75) is 0 Å². The molecule has 3 heteroatoms. The fourth-order valence-electron chi connectivity index (χ4n) is 0.848. The highest BCUT2D eigenvalue weighted by atomic mass is 79.9. The van der Waals surface area contributed by atoms with E-state index in [1.165, 1.54) is 0 Å². The molecule has 0 nitrogen and oxygen atoms in total. The summed E-state index contributed by atoms with van der Waals surface area (Å²) in [7, 11) is 0. The van der Waals surface area contributed by atoms with Crippen LogP contribution in [0, 0.1) is 0 Å². The smallest absolute Gasteiger partial charge is 0.0492 e. The number of rotatable bonds is 2. The van der Waals surface area contributed by atoms with Gasteiger partial charge in [0.15, 0.2) is 0 Å². The third-order valence-corrected chi connectivity index (χ3v) is 2.60. The largest absolute Gasteiger partial charge is 0.122 e. The number of benzene rings is 1. The SMILES string of the molecule is C=C(CCl)c1ccc(Br)cc1Cl. The van der Waals surface area contributed by atoms with Gasteiger partial charge in [0, 0.05) is 15.4 Å². The van der Waals surface area contributed by atoms with Gasteiger partial charge in [-0.3, -0.25) is 0 Å². The van der Waals surface area contributed by atoms with E-state index in [9.17, 15) is 0 Å². The zero-order valence-electron chi connectivity index (χ0n) is 6.28. The zero-order chi connectivity index (χ0) is 9.14. The molecule has 0 aliphatic heterocycles. The lowest BCUT2D eigenvalue weighted by molar-refractivity contribution is 1.55. The molecule has 0 amide bonds. The van der Waals surface area contributed by atoms with Gasteiger partial charge in [-0.2, -0.15) is 0 Å². The summed E-state index contributed by atoms with van der Waals surface area (Å²) in [6.07, 6.45) is 0. The van der Waals surface area contributed by atoms with E-state index in [0.717, 1.165) is 15.6 Å². The number of allylic oxidation sites excluding steroid dienone is 1. The second-order valence-corrected chi connectivity index (χ2v) is 3.95. The molecule has 0 fully saturated rings. The van der Waals surface area contributed by atoms with Gasteiger partial charge in [0.25, 0.3) is 0 Å². The molecule has 0 saturated heterocycles. The molecule has 0 bridgehead atoms. The van der Waals surface area contributed by atoms with Crippen LogP contribution < -0.4 is 0 Å². The van der Waals surface area contributed by atoms with E-state index in [-0.39, 0.29) is 0 Å².